The Morgan fingerprint density at radius 2 is 2.21 bits per heavy atom. The summed E-state index contributed by atoms with van der Waals surface area (Å²) in [6.45, 7) is 6.93. The van der Waals surface area contributed by atoms with Crippen LogP contribution in [0.2, 0.25) is 0 Å². The van der Waals surface area contributed by atoms with E-state index in [1.165, 1.54) is 12.1 Å². The normalized spacial score (nSPS) is 19.8. The highest BCUT2D eigenvalue weighted by Crippen LogP contribution is 2.39. The van der Waals surface area contributed by atoms with Gasteiger partial charge in [-0.25, -0.2) is 4.39 Å². The smallest absolute Gasteiger partial charge is 0.224 e. The third-order valence-corrected chi connectivity index (χ3v) is 4.29. The molecule has 1 aromatic rings. The first-order valence-electron chi connectivity index (χ1n) is 6.53. The molecular formula is C15H20FNOS. The van der Waals surface area contributed by atoms with Gasteiger partial charge in [0.1, 0.15) is 11.2 Å². The first-order valence-corrected chi connectivity index (χ1v) is 7.58. The van der Waals surface area contributed by atoms with Gasteiger partial charge in [-0.1, -0.05) is 32.9 Å². The molecule has 0 aromatic heterocycles. The van der Waals surface area contributed by atoms with Gasteiger partial charge in [-0.2, -0.15) is 0 Å². The molecule has 1 saturated heterocycles. The zero-order valence-corrected chi connectivity index (χ0v) is 12.5. The second-order valence-corrected chi connectivity index (χ2v) is 7.29. The van der Waals surface area contributed by atoms with Crippen molar-refractivity contribution in [2.24, 2.45) is 5.41 Å². The van der Waals surface area contributed by atoms with Crippen LogP contribution in [0.15, 0.2) is 24.3 Å². The van der Waals surface area contributed by atoms with E-state index in [2.05, 4.69) is 20.8 Å². The number of thioether (sulfide) groups is 1. The van der Waals surface area contributed by atoms with E-state index < -0.39 is 0 Å². The Bertz CT molecular complexity index is 469. The zero-order valence-electron chi connectivity index (χ0n) is 11.6. The van der Waals surface area contributed by atoms with Crippen molar-refractivity contribution in [2.75, 3.05) is 12.3 Å². The number of carbonyl (C=O) groups excluding carboxylic acids is 1. The minimum atomic E-state index is -0.242. The van der Waals surface area contributed by atoms with Gasteiger partial charge in [0.05, 0.1) is 0 Å². The summed E-state index contributed by atoms with van der Waals surface area (Å²) < 4.78 is 13.3. The van der Waals surface area contributed by atoms with Crippen LogP contribution in [0.5, 0.6) is 0 Å². The van der Waals surface area contributed by atoms with Gasteiger partial charge in [-0.05, 0) is 23.1 Å². The molecule has 104 valence electrons. The van der Waals surface area contributed by atoms with Crippen LogP contribution in [-0.4, -0.2) is 23.1 Å². The number of hydrogen-bond donors (Lipinski definition) is 0. The van der Waals surface area contributed by atoms with Gasteiger partial charge < -0.3 is 4.90 Å². The highest BCUT2D eigenvalue weighted by atomic mass is 32.2. The summed E-state index contributed by atoms with van der Waals surface area (Å²) in [4.78, 5) is 14.2. The largest absolute Gasteiger partial charge is 0.326 e. The molecule has 0 bridgehead atoms. The fourth-order valence-corrected chi connectivity index (χ4v) is 3.48. The number of amides is 1. The maximum absolute atomic E-state index is 13.3. The van der Waals surface area contributed by atoms with E-state index in [0.29, 0.717) is 6.42 Å². The standard InChI is InChI=1S/C15H20FNOS/c1-15(2,3)10-13(18)17-7-8-19-14(17)11-5-4-6-12(16)9-11/h4-6,9,14H,7-8,10H2,1-3H3/t14-/m0/s1. The van der Waals surface area contributed by atoms with Crippen molar-refractivity contribution < 1.29 is 9.18 Å². The summed E-state index contributed by atoms with van der Waals surface area (Å²) in [6, 6.07) is 6.56. The van der Waals surface area contributed by atoms with E-state index >= 15 is 0 Å². The molecule has 0 unspecified atom stereocenters. The number of rotatable bonds is 2. The first kappa shape index (κ1) is 14.4. The molecule has 0 radical (unpaired) electrons. The predicted molar refractivity (Wildman–Crippen MR) is 77.4 cm³/mol. The SMILES string of the molecule is CC(C)(C)CC(=O)N1CCS[C@H]1c1cccc(F)c1. The summed E-state index contributed by atoms with van der Waals surface area (Å²) in [5, 5.41) is -0.0365. The van der Waals surface area contributed by atoms with Crippen LogP contribution >= 0.6 is 11.8 Å². The van der Waals surface area contributed by atoms with Gasteiger partial charge in [0, 0.05) is 18.7 Å². The molecule has 1 aromatic carbocycles. The van der Waals surface area contributed by atoms with Crippen molar-refractivity contribution in [3.8, 4) is 0 Å². The maximum atomic E-state index is 13.3. The van der Waals surface area contributed by atoms with Crippen LogP contribution in [0.25, 0.3) is 0 Å². The molecule has 0 spiro atoms. The summed E-state index contributed by atoms with van der Waals surface area (Å²) in [6.07, 6.45) is 0.527. The van der Waals surface area contributed by atoms with E-state index in [9.17, 15) is 9.18 Å². The Balaban J connectivity index is 2.15. The lowest BCUT2D eigenvalue weighted by molar-refractivity contribution is -0.133. The van der Waals surface area contributed by atoms with Crippen LogP contribution < -0.4 is 0 Å². The molecule has 2 nitrogen and oxygen atoms in total. The Morgan fingerprint density at radius 1 is 1.47 bits per heavy atom. The zero-order chi connectivity index (χ0) is 14.0. The Morgan fingerprint density at radius 3 is 2.84 bits per heavy atom. The molecule has 1 fully saturated rings. The minimum absolute atomic E-state index is 0.0170. The van der Waals surface area contributed by atoms with Crippen molar-refractivity contribution in [2.45, 2.75) is 32.6 Å². The van der Waals surface area contributed by atoms with Gasteiger partial charge in [-0.3, -0.25) is 4.79 Å². The molecule has 1 aliphatic heterocycles. The van der Waals surface area contributed by atoms with E-state index in [1.54, 1.807) is 17.8 Å². The van der Waals surface area contributed by atoms with Crippen molar-refractivity contribution in [1.82, 2.24) is 4.90 Å². The Hall–Kier alpha value is -1.03. The van der Waals surface area contributed by atoms with Gasteiger partial charge >= 0.3 is 0 Å². The third kappa shape index (κ3) is 3.72. The summed E-state index contributed by atoms with van der Waals surface area (Å²) in [5.74, 6) is 0.830. The monoisotopic (exact) mass is 281 g/mol. The summed E-state index contributed by atoms with van der Waals surface area (Å²) >= 11 is 1.71. The highest BCUT2D eigenvalue weighted by Gasteiger charge is 2.32. The quantitative estimate of drug-likeness (QED) is 0.821. The highest BCUT2D eigenvalue weighted by molar-refractivity contribution is 7.99. The number of hydrogen-bond acceptors (Lipinski definition) is 2. The lowest BCUT2D eigenvalue weighted by Crippen LogP contribution is -2.33. The number of halogens is 1. The second-order valence-electron chi connectivity index (χ2n) is 6.10. The minimum Gasteiger partial charge on any atom is -0.326 e. The molecule has 1 atom stereocenters. The fourth-order valence-electron chi connectivity index (χ4n) is 2.22. The third-order valence-electron chi connectivity index (χ3n) is 3.03. The van der Waals surface area contributed by atoms with Crippen LogP contribution in [-0.2, 0) is 4.79 Å². The predicted octanol–water partition coefficient (Wildman–Crippen LogP) is 3.84. The van der Waals surface area contributed by atoms with Crippen LogP contribution in [0.1, 0.15) is 38.1 Å². The average molecular weight is 281 g/mol. The molecule has 0 N–H and O–H groups in total. The number of carbonyl (C=O) groups is 1. The van der Waals surface area contributed by atoms with Crippen LogP contribution in [0.4, 0.5) is 4.39 Å². The first-order chi connectivity index (χ1) is 8.87. The van der Waals surface area contributed by atoms with Gasteiger partial charge in [0.25, 0.3) is 0 Å². The molecule has 2 rings (SSSR count). The number of benzene rings is 1. The van der Waals surface area contributed by atoms with Crippen LogP contribution in [0.3, 0.4) is 0 Å². The van der Waals surface area contributed by atoms with Crippen molar-refractivity contribution in [1.29, 1.82) is 0 Å². The molecule has 0 saturated carbocycles. The van der Waals surface area contributed by atoms with E-state index in [-0.39, 0.29) is 22.5 Å². The van der Waals surface area contributed by atoms with Crippen molar-refractivity contribution >= 4 is 17.7 Å². The van der Waals surface area contributed by atoms with Crippen LogP contribution in [0, 0.1) is 11.2 Å². The van der Waals surface area contributed by atoms with Crippen molar-refractivity contribution in [3.05, 3.63) is 35.6 Å². The average Bonchev–Trinajstić information content (AvgIpc) is 2.75. The van der Waals surface area contributed by atoms with E-state index in [1.807, 2.05) is 11.0 Å². The number of nitrogens with zero attached hydrogens (tertiary/aromatic N) is 1. The van der Waals surface area contributed by atoms with Gasteiger partial charge in [-0.15, -0.1) is 11.8 Å². The lowest BCUT2D eigenvalue weighted by Gasteiger charge is -2.27. The second kappa shape index (κ2) is 5.53. The fraction of sp³-hybridized carbons (Fsp3) is 0.533. The lowest BCUT2D eigenvalue weighted by atomic mass is 9.91. The Kier molecular flexibility index (Phi) is 4.19. The Labute approximate surface area is 118 Å². The molecule has 1 heterocycles. The molecule has 19 heavy (non-hydrogen) atoms. The van der Waals surface area contributed by atoms with E-state index in [4.69, 9.17) is 0 Å². The summed E-state index contributed by atoms with van der Waals surface area (Å²) in [7, 11) is 0. The molecule has 4 heteroatoms. The molecule has 1 amide bonds. The van der Waals surface area contributed by atoms with E-state index in [0.717, 1.165) is 17.9 Å². The summed E-state index contributed by atoms with van der Waals surface area (Å²) in [5.41, 5.74) is 0.862. The van der Waals surface area contributed by atoms with Crippen molar-refractivity contribution in [3.63, 3.8) is 0 Å². The molecular weight excluding hydrogens is 261 g/mol. The maximum Gasteiger partial charge on any atom is 0.224 e. The topological polar surface area (TPSA) is 20.3 Å². The van der Waals surface area contributed by atoms with Gasteiger partial charge in [0.2, 0.25) is 5.91 Å². The molecule has 0 aliphatic carbocycles. The van der Waals surface area contributed by atoms with Gasteiger partial charge in [0.15, 0.2) is 0 Å². The molecule has 1 aliphatic rings.